The van der Waals surface area contributed by atoms with E-state index in [0.29, 0.717) is 12.5 Å². The van der Waals surface area contributed by atoms with Gasteiger partial charge in [-0.3, -0.25) is 0 Å². The summed E-state index contributed by atoms with van der Waals surface area (Å²) in [6, 6.07) is 11.3. The molecule has 2 aromatic rings. The number of halogens is 2. The second kappa shape index (κ2) is 5.14. The van der Waals surface area contributed by atoms with Crippen molar-refractivity contribution in [3.8, 4) is 5.88 Å². The Balaban J connectivity index is 2.05. The van der Waals surface area contributed by atoms with Gasteiger partial charge in [-0.05, 0) is 17.2 Å². The van der Waals surface area contributed by atoms with Crippen molar-refractivity contribution < 1.29 is 4.74 Å². The van der Waals surface area contributed by atoms with Gasteiger partial charge in [0.1, 0.15) is 11.8 Å². The Kier molecular flexibility index (Phi) is 3.59. The van der Waals surface area contributed by atoms with Gasteiger partial charge in [0.2, 0.25) is 11.2 Å². The van der Waals surface area contributed by atoms with E-state index in [1.807, 2.05) is 30.3 Å². The van der Waals surface area contributed by atoms with Crippen molar-refractivity contribution in [2.24, 2.45) is 0 Å². The first-order chi connectivity index (χ1) is 7.74. The maximum absolute atomic E-state index is 5.72. The molecule has 0 fully saturated rings. The summed E-state index contributed by atoms with van der Waals surface area (Å²) in [7, 11) is 0. The molecular weight excluding hydrogens is 247 g/mol. The van der Waals surface area contributed by atoms with Crippen molar-refractivity contribution in [1.29, 1.82) is 0 Å². The van der Waals surface area contributed by atoms with Crippen LogP contribution in [0.1, 0.15) is 5.56 Å². The lowest BCUT2D eigenvalue weighted by Gasteiger charge is -2.05. The van der Waals surface area contributed by atoms with Gasteiger partial charge in [-0.1, -0.05) is 41.9 Å². The van der Waals surface area contributed by atoms with E-state index in [4.69, 9.17) is 27.9 Å². The summed E-state index contributed by atoms with van der Waals surface area (Å²) in [6.07, 6.45) is 0. The lowest BCUT2D eigenvalue weighted by Crippen LogP contribution is -1.98. The van der Waals surface area contributed by atoms with Crippen LogP contribution in [0.2, 0.25) is 10.4 Å². The van der Waals surface area contributed by atoms with Crippen molar-refractivity contribution in [2.45, 2.75) is 6.61 Å². The molecule has 5 heteroatoms. The van der Waals surface area contributed by atoms with Gasteiger partial charge < -0.3 is 4.74 Å². The molecule has 0 aliphatic carbocycles. The van der Waals surface area contributed by atoms with E-state index in [-0.39, 0.29) is 10.4 Å². The summed E-state index contributed by atoms with van der Waals surface area (Å²) in [4.78, 5) is 7.63. The minimum atomic E-state index is 0.0792. The van der Waals surface area contributed by atoms with E-state index in [1.165, 1.54) is 6.07 Å². The molecule has 3 nitrogen and oxygen atoms in total. The monoisotopic (exact) mass is 254 g/mol. The zero-order valence-corrected chi connectivity index (χ0v) is 9.74. The molecule has 0 unspecified atom stereocenters. The standard InChI is InChI=1S/C11H8Cl2N2O/c12-9-6-10(15-11(13)14-9)16-7-8-4-2-1-3-5-8/h1-6H,7H2. The second-order valence-corrected chi connectivity index (χ2v) is 3.80. The molecule has 0 saturated carbocycles. The van der Waals surface area contributed by atoms with E-state index in [1.54, 1.807) is 0 Å². The van der Waals surface area contributed by atoms with Gasteiger partial charge in [0, 0.05) is 6.07 Å². The molecule has 0 aliphatic heterocycles. The van der Waals surface area contributed by atoms with Crippen LogP contribution in [0.5, 0.6) is 5.88 Å². The molecule has 0 atom stereocenters. The van der Waals surface area contributed by atoms with Crippen molar-refractivity contribution in [1.82, 2.24) is 9.97 Å². The molecule has 0 saturated heterocycles. The van der Waals surface area contributed by atoms with E-state index in [9.17, 15) is 0 Å². The second-order valence-electron chi connectivity index (χ2n) is 3.07. The SMILES string of the molecule is Clc1cc(OCc2ccccc2)nc(Cl)n1. The summed E-state index contributed by atoms with van der Waals surface area (Å²) in [6.45, 7) is 0.421. The Bertz CT molecular complexity index is 456. The Morgan fingerprint density at radius 2 is 1.81 bits per heavy atom. The molecule has 0 N–H and O–H groups in total. The van der Waals surface area contributed by atoms with Crippen LogP contribution >= 0.6 is 23.2 Å². The smallest absolute Gasteiger partial charge is 0.227 e. The Morgan fingerprint density at radius 1 is 1.06 bits per heavy atom. The highest BCUT2D eigenvalue weighted by molar-refractivity contribution is 6.31. The minimum Gasteiger partial charge on any atom is -0.473 e. The third-order valence-corrected chi connectivity index (χ3v) is 2.24. The molecule has 0 aliphatic rings. The molecule has 0 radical (unpaired) electrons. The van der Waals surface area contributed by atoms with E-state index in [0.717, 1.165) is 5.56 Å². The van der Waals surface area contributed by atoms with E-state index in [2.05, 4.69) is 9.97 Å². The number of aromatic nitrogens is 2. The third kappa shape index (κ3) is 3.08. The molecule has 82 valence electrons. The quantitative estimate of drug-likeness (QED) is 0.623. The van der Waals surface area contributed by atoms with Gasteiger partial charge in [0.25, 0.3) is 0 Å². The highest BCUT2D eigenvalue weighted by Crippen LogP contribution is 2.17. The molecule has 1 heterocycles. The van der Waals surface area contributed by atoms with Gasteiger partial charge in [-0.25, -0.2) is 4.98 Å². The Labute approximate surface area is 103 Å². The first-order valence-electron chi connectivity index (χ1n) is 4.61. The first kappa shape index (κ1) is 11.2. The zero-order valence-electron chi connectivity index (χ0n) is 8.23. The predicted octanol–water partition coefficient (Wildman–Crippen LogP) is 3.36. The van der Waals surface area contributed by atoms with Crippen molar-refractivity contribution in [2.75, 3.05) is 0 Å². The van der Waals surface area contributed by atoms with Crippen molar-refractivity contribution in [3.63, 3.8) is 0 Å². The number of nitrogens with zero attached hydrogens (tertiary/aromatic N) is 2. The maximum atomic E-state index is 5.72. The lowest BCUT2D eigenvalue weighted by molar-refractivity contribution is 0.293. The maximum Gasteiger partial charge on any atom is 0.227 e. The normalized spacial score (nSPS) is 10.1. The molecule has 1 aromatic heterocycles. The molecule has 0 bridgehead atoms. The lowest BCUT2D eigenvalue weighted by atomic mass is 10.2. The van der Waals surface area contributed by atoms with E-state index < -0.39 is 0 Å². The van der Waals surface area contributed by atoms with Crippen LogP contribution in [0.4, 0.5) is 0 Å². The van der Waals surface area contributed by atoms with Crippen LogP contribution in [-0.2, 0) is 6.61 Å². The summed E-state index contributed by atoms with van der Waals surface area (Å²) in [5, 5.41) is 0.346. The topological polar surface area (TPSA) is 35.0 Å². The highest BCUT2D eigenvalue weighted by atomic mass is 35.5. The van der Waals surface area contributed by atoms with Gasteiger partial charge in [-0.15, -0.1) is 0 Å². The zero-order chi connectivity index (χ0) is 11.4. The number of benzene rings is 1. The van der Waals surface area contributed by atoms with Crippen LogP contribution in [0.25, 0.3) is 0 Å². The van der Waals surface area contributed by atoms with Crippen LogP contribution in [0.3, 0.4) is 0 Å². The van der Waals surface area contributed by atoms with Crippen LogP contribution < -0.4 is 4.74 Å². The fraction of sp³-hybridized carbons (Fsp3) is 0.0909. The fourth-order valence-electron chi connectivity index (χ4n) is 1.18. The van der Waals surface area contributed by atoms with Gasteiger partial charge >= 0.3 is 0 Å². The first-order valence-corrected chi connectivity index (χ1v) is 5.36. The Hall–Kier alpha value is -1.32. The fourth-order valence-corrected chi connectivity index (χ4v) is 1.57. The number of ether oxygens (including phenoxy) is 1. The molecule has 0 amide bonds. The van der Waals surface area contributed by atoms with Crippen LogP contribution in [-0.4, -0.2) is 9.97 Å². The molecule has 16 heavy (non-hydrogen) atoms. The Morgan fingerprint density at radius 3 is 2.50 bits per heavy atom. The van der Waals surface area contributed by atoms with Crippen molar-refractivity contribution >= 4 is 23.2 Å². The predicted molar refractivity (Wildman–Crippen MR) is 62.8 cm³/mol. The summed E-state index contributed by atoms with van der Waals surface area (Å²) < 4.78 is 5.43. The summed E-state index contributed by atoms with van der Waals surface area (Å²) >= 11 is 11.4. The van der Waals surface area contributed by atoms with Crippen LogP contribution in [0, 0.1) is 0 Å². The molecule has 0 spiro atoms. The average Bonchev–Trinajstić information content (AvgIpc) is 2.27. The van der Waals surface area contributed by atoms with Gasteiger partial charge in [-0.2, -0.15) is 4.98 Å². The number of hydrogen-bond donors (Lipinski definition) is 0. The molecule has 2 rings (SSSR count). The third-order valence-electron chi connectivity index (χ3n) is 1.87. The van der Waals surface area contributed by atoms with Gasteiger partial charge in [0.05, 0.1) is 0 Å². The van der Waals surface area contributed by atoms with Crippen molar-refractivity contribution in [3.05, 3.63) is 52.4 Å². The minimum absolute atomic E-state index is 0.0792. The van der Waals surface area contributed by atoms with Gasteiger partial charge in [0.15, 0.2) is 0 Å². The molecular formula is C11H8Cl2N2O. The average molecular weight is 255 g/mol. The molecule has 1 aromatic carbocycles. The van der Waals surface area contributed by atoms with E-state index >= 15 is 0 Å². The number of rotatable bonds is 3. The number of hydrogen-bond acceptors (Lipinski definition) is 3. The highest BCUT2D eigenvalue weighted by Gasteiger charge is 2.02. The summed E-state index contributed by atoms with van der Waals surface area (Å²) in [5.74, 6) is 0.369. The largest absolute Gasteiger partial charge is 0.473 e. The van der Waals surface area contributed by atoms with Crippen LogP contribution in [0.15, 0.2) is 36.4 Å². The summed E-state index contributed by atoms with van der Waals surface area (Å²) in [5.41, 5.74) is 1.05.